The van der Waals surface area contributed by atoms with Crippen LogP contribution in [0.1, 0.15) is 19.4 Å². The van der Waals surface area contributed by atoms with Crippen LogP contribution in [0.4, 0.5) is 0 Å². The molecule has 0 atom stereocenters. The predicted octanol–water partition coefficient (Wildman–Crippen LogP) is 3.28. The van der Waals surface area contributed by atoms with E-state index in [1.807, 2.05) is 29.3 Å². The van der Waals surface area contributed by atoms with Crippen molar-refractivity contribution in [3.05, 3.63) is 41.4 Å². The van der Waals surface area contributed by atoms with Gasteiger partial charge in [0.2, 0.25) is 0 Å². The molecule has 1 heterocycles. The molecule has 2 rings (SSSR count). The van der Waals surface area contributed by atoms with Gasteiger partial charge in [0.05, 0.1) is 19.7 Å². The van der Waals surface area contributed by atoms with Crippen LogP contribution in [0, 0.1) is 12.0 Å². The molecule has 1 aliphatic heterocycles. The highest BCUT2D eigenvalue weighted by Crippen LogP contribution is 2.31. The number of hydroxylamine groups is 2. The Labute approximate surface area is 95.7 Å². The molecule has 1 aromatic rings. The molecule has 0 aliphatic carbocycles. The lowest BCUT2D eigenvalue weighted by Crippen LogP contribution is -2.16. The van der Waals surface area contributed by atoms with E-state index >= 15 is 0 Å². The van der Waals surface area contributed by atoms with Crippen molar-refractivity contribution in [2.75, 3.05) is 6.61 Å². The first-order chi connectivity index (χ1) is 7.07. The van der Waals surface area contributed by atoms with Gasteiger partial charge in [-0.25, -0.2) is 0 Å². The maximum Gasteiger partial charge on any atom is 0.0752 e. The van der Waals surface area contributed by atoms with Crippen molar-refractivity contribution in [2.45, 2.75) is 20.4 Å². The van der Waals surface area contributed by atoms with Crippen LogP contribution in [0.5, 0.6) is 0 Å². The van der Waals surface area contributed by atoms with Crippen molar-refractivity contribution in [3.63, 3.8) is 0 Å². The summed E-state index contributed by atoms with van der Waals surface area (Å²) >= 11 is 6.08. The summed E-state index contributed by atoms with van der Waals surface area (Å²) in [5.74, 6) is 0. The number of hydrogen-bond acceptors (Lipinski definition) is 2. The third-order valence-corrected chi connectivity index (χ3v) is 2.75. The van der Waals surface area contributed by atoms with Gasteiger partial charge in [0.25, 0.3) is 0 Å². The summed E-state index contributed by atoms with van der Waals surface area (Å²) in [7, 11) is 0. The van der Waals surface area contributed by atoms with Gasteiger partial charge in [-0.15, -0.1) is 0 Å². The van der Waals surface area contributed by atoms with Crippen LogP contribution in [-0.4, -0.2) is 11.7 Å². The van der Waals surface area contributed by atoms with E-state index in [1.165, 1.54) is 0 Å². The third-order valence-electron chi connectivity index (χ3n) is 2.38. The molecule has 1 aromatic carbocycles. The lowest BCUT2D eigenvalue weighted by Gasteiger charge is -2.16. The van der Waals surface area contributed by atoms with Gasteiger partial charge in [0.15, 0.2) is 0 Å². The minimum absolute atomic E-state index is 0.126. The summed E-state index contributed by atoms with van der Waals surface area (Å²) in [6, 6.07) is 7.84. The van der Waals surface area contributed by atoms with Gasteiger partial charge < -0.3 is 0 Å². The summed E-state index contributed by atoms with van der Waals surface area (Å²) in [6.45, 7) is 7.86. The summed E-state index contributed by atoms with van der Waals surface area (Å²) in [5.41, 5.74) is 1.22. The summed E-state index contributed by atoms with van der Waals surface area (Å²) in [4.78, 5) is 5.55. The van der Waals surface area contributed by atoms with Gasteiger partial charge in [-0.2, -0.15) is 5.06 Å². The van der Waals surface area contributed by atoms with E-state index in [9.17, 15) is 0 Å². The highest BCUT2D eigenvalue weighted by Gasteiger charge is 2.31. The second-order valence-corrected chi connectivity index (χ2v) is 4.96. The molecule has 15 heavy (non-hydrogen) atoms. The Balaban J connectivity index is 2.02. The van der Waals surface area contributed by atoms with Crippen LogP contribution >= 0.6 is 11.6 Å². The molecule has 1 fully saturated rings. The van der Waals surface area contributed by atoms with Crippen LogP contribution in [0.2, 0.25) is 5.02 Å². The first-order valence-corrected chi connectivity index (χ1v) is 5.44. The van der Waals surface area contributed by atoms with Crippen LogP contribution < -0.4 is 0 Å². The molecule has 81 valence electrons. The number of hydrogen-bond donors (Lipinski definition) is 0. The highest BCUT2D eigenvalue weighted by atomic mass is 35.5. The second kappa shape index (κ2) is 4.12. The topological polar surface area (TPSA) is 12.5 Å². The molecule has 0 saturated carbocycles. The number of benzene rings is 1. The van der Waals surface area contributed by atoms with Crippen LogP contribution in [-0.2, 0) is 11.4 Å². The Bertz CT molecular complexity index is 351. The zero-order valence-corrected chi connectivity index (χ0v) is 9.79. The summed E-state index contributed by atoms with van der Waals surface area (Å²) in [6.07, 6.45) is 0. The lowest BCUT2D eigenvalue weighted by molar-refractivity contribution is -0.103. The fourth-order valence-corrected chi connectivity index (χ4v) is 1.79. The van der Waals surface area contributed by atoms with E-state index in [2.05, 4.69) is 20.4 Å². The molecule has 0 aromatic heterocycles. The molecular weight excluding hydrogens is 210 g/mol. The average molecular weight is 225 g/mol. The Hall–Kier alpha value is -0.570. The Kier molecular flexibility index (Phi) is 3.01. The van der Waals surface area contributed by atoms with Crippen molar-refractivity contribution in [2.24, 2.45) is 5.41 Å². The molecule has 1 saturated heterocycles. The maximum absolute atomic E-state index is 6.08. The van der Waals surface area contributed by atoms with E-state index in [1.54, 1.807) is 0 Å². The van der Waals surface area contributed by atoms with Crippen molar-refractivity contribution in [3.8, 4) is 0 Å². The van der Waals surface area contributed by atoms with E-state index < -0.39 is 0 Å². The monoisotopic (exact) mass is 224 g/mol. The summed E-state index contributed by atoms with van der Waals surface area (Å²) in [5, 5.41) is 2.65. The first-order valence-electron chi connectivity index (χ1n) is 5.06. The van der Waals surface area contributed by atoms with Crippen molar-refractivity contribution >= 4 is 11.6 Å². The Morgan fingerprint density at radius 1 is 1.40 bits per heavy atom. The molecule has 1 aliphatic rings. The molecule has 1 radical (unpaired) electrons. The van der Waals surface area contributed by atoms with E-state index in [4.69, 9.17) is 16.4 Å². The predicted molar refractivity (Wildman–Crippen MR) is 61.0 cm³/mol. The SMILES string of the molecule is CC1(C)[CH]N(Cc2ccccc2Cl)OC1. The molecule has 0 bridgehead atoms. The molecule has 3 heteroatoms. The van der Waals surface area contributed by atoms with E-state index in [-0.39, 0.29) is 5.41 Å². The smallest absolute Gasteiger partial charge is 0.0752 e. The van der Waals surface area contributed by atoms with Gasteiger partial charge in [0, 0.05) is 10.4 Å². The Morgan fingerprint density at radius 2 is 2.13 bits per heavy atom. The molecule has 0 unspecified atom stereocenters. The zero-order valence-electron chi connectivity index (χ0n) is 9.03. The zero-order chi connectivity index (χ0) is 10.9. The maximum atomic E-state index is 6.08. The van der Waals surface area contributed by atoms with Gasteiger partial charge >= 0.3 is 0 Å². The van der Waals surface area contributed by atoms with Gasteiger partial charge in [0.1, 0.15) is 0 Å². The molecular formula is C12H15ClNO. The van der Waals surface area contributed by atoms with Crippen molar-refractivity contribution in [1.29, 1.82) is 0 Å². The fraction of sp³-hybridized carbons (Fsp3) is 0.417. The number of halogens is 1. The van der Waals surface area contributed by atoms with Crippen molar-refractivity contribution in [1.82, 2.24) is 5.06 Å². The first kappa shape index (κ1) is 10.9. The highest BCUT2D eigenvalue weighted by molar-refractivity contribution is 6.31. The summed E-state index contributed by atoms with van der Waals surface area (Å²) < 4.78 is 0. The number of nitrogens with zero attached hydrogens (tertiary/aromatic N) is 1. The molecule has 0 amide bonds. The van der Waals surface area contributed by atoms with Crippen LogP contribution in [0.15, 0.2) is 24.3 Å². The lowest BCUT2D eigenvalue weighted by atomic mass is 9.96. The molecule has 2 nitrogen and oxygen atoms in total. The van der Waals surface area contributed by atoms with Crippen LogP contribution in [0.25, 0.3) is 0 Å². The minimum Gasteiger partial charge on any atom is -0.298 e. The standard InChI is InChI=1S/C12H15ClNO/c1-12(2)8-14(15-9-12)7-10-5-3-4-6-11(10)13/h3-6,8H,7,9H2,1-2H3. The average Bonchev–Trinajstić information content (AvgIpc) is 2.50. The number of rotatable bonds is 2. The second-order valence-electron chi connectivity index (χ2n) is 4.56. The quantitative estimate of drug-likeness (QED) is 0.765. The normalized spacial score (nSPS) is 20.7. The van der Waals surface area contributed by atoms with Gasteiger partial charge in [-0.3, -0.25) is 4.84 Å². The largest absolute Gasteiger partial charge is 0.298 e. The Morgan fingerprint density at radius 3 is 2.73 bits per heavy atom. The van der Waals surface area contributed by atoms with Gasteiger partial charge in [-0.1, -0.05) is 43.6 Å². The van der Waals surface area contributed by atoms with E-state index in [0.717, 1.165) is 17.2 Å². The van der Waals surface area contributed by atoms with Crippen molar-refractivity contribution < 1.29 is 4.84 Å². The van der Waals surface area contributed by atoms with Crippen LogP contribution in [0.3, 0.4) is 0 Å². The van der Waals surface area contributed by atoms with Gasteiger partial charge in [-0.05, 0) is 11.6 Å². The molecule has 0 spiro atoms. The minimum atomic E-state index is 0.126. The third kappa shape index (κ3) is 2.71. The fourth-order valence-electron chi connectivity index (χ4n) is 1.60. The van der Waals surface area contributed by atoms with E-state index in [0.29, 0.717) is 6.54 Å². The molecule has 0 N–H and O–H groups in total.